The van der Waals surface area contributed by atoms with Crippen molar-refractivity contribution in [1.29, 1.82) is 0 Å². The first-order valence-corrected chi connectivity index (χ1v) is 7.10. The van der Waals surface area contributed by atoms with Gasteiger partial charge in [-0.15, -0.1) is 11.6 Å². The molecule has 0 spiro atoms. The van der Waals surface area contributed by atoms with E-state index in [0.29, 0.717) is 17.9 Å². The first-order valence-electron chi connectivity index (χ1n) is 6.57. The van der Waals surface area contributed by atoms with Crippen molar-refractivity contribution in [2.45, 2.75) is 0 Å². The van der Waals surface area contributed by atoms with Gasteiger partial charge in [0.2, 0.25) is 0 Å². The second-order valence-electron chi connectivity index (χ2n) is 4.38. The Bertz CT molecular complexity index is 492. The number of rotatable bonds is 4. The minimum atomic E-state index is -0.383. The standard InChI is InChI=1S/C15H17ClFNO2/c16-5-1-2-13-3-4-14(12-15(13)17)20-11-8-18-6-9-19-10-7-18/h3-4,12H,5-11H2. The summed E-state index contributed by atoms with van der Waals surface area (Å²) in [6.07, 6.45) is 0. The smallest absolute Gasteiger partial charge is 0.142 e. The Balaban J connectivity index is 1.82. The SMILES string of the molecule is Fc1cc(OCCN2CCOCC2)ccc1C#CCCl. The largest absolute Gasteiger partial charge is 0.492 e. The Morgan fingerprint density at radius 1 is 1.35 bits per heavy atom. The highest BCUT2D eigenvalue weighted by Gasteiger charge is 2.10. The third-order valence-electron chi connectivity index (χ3n) is 3.01. The summed E-state index contributed by atoms with van der Waals surface area (Å²) in [6, 6.07) is 4.69. The normalized spacial score (nSPS) is 15.5. The number of hydrogen-bond donors (Lipinski definition) is 0. The van der Waals surface area contributed by atoms with E-state index in [0.717, 1.165) is 32.8 Å². The summed E-state index contributed by atoms with van der Waals surface area (Å²) in [6.45, 7) is 4.73. The first kappa shape index (κ1) is 15.1. The fourth-order valence-corrected chi connectivity index (χ4v) is 2.00. The number of alkyl halides is 1. The quantitative estimate of drug-likeness (QED) is 0.628. The van der Waals surface area contributed by atoms with Gasteiger partial charge in [-0.25, -0.2) is 4.39 Å². The summed E-state index contributed by atoms with van der Waals surface area (Å²) in [5, 5.41) is 0. The fraction of sp³-hybridized carbons (Fsp3) is 0.467. The van der Waals surface area contributed by atoms with Crippen molar-refractivity contribution in [2.75, 3.05) is 45.3 Å². The Labute approximate surface area is 123 Å². The number of ether oxygens (including phenoxy) is 2. The van der Waals surface area contributed by atoms with Crippen LogP contribution in [0.25, 0.3) is 0 Å². The number of morpholine rings is 1. The lowest BCUT2D eigenvalue weighted by atomic mass is 10.2. The zero-order chi connectivity index (χ0) is 14.2. The second kappa shape index (κ2) is 8.11. The Morgan fingerprint density at radius 2 is 2.15 bits per heavy atom. The van der Waals surface area contributed by atoms with Crippen molar-refractivity contribution >= 4 is 11.6 Å². The lowest BCUT2D eigenvalue weighted by molar-refractivity contribution is 0.0322. The van der Waals surface area contributed by atoms with Gasteiger partial charge >= 0.3 is 0 Å². The van der Waals surface area contributed by atoms with Gasteiger partial charge in [0.15, 0.2) is 0 Å². The molecule has 5 heteroatoms. The van der Waals surface area contributed by atoms with Crippen molar-refractivity contribution in [3.63, 3.8) is 0 Å². The highest BCUT2D eigenvalue weighted by Crippen LogP contribution is 2.16. The number of hydrogen-bond acceptors (Lipinski definition) is 3. The summed E-state index contributed by atoms with van der Waals surface area (Å²) < 4.78 is 24.5. The van der Waals surface area contributed by atoms with Gasteiger partial charge in [0.1, 0.15) is 18.2 Å². The van der Waals surface area contributed by atoms with E-state index < -0.39 is 0 Å². The molecular formula is C15H17ClFNO2. The molecule has 0 atom stereocenters. The Morgan fingerprint density at radius 3 is 2.85 bits per heavy atom. The highest BCUT2D eigenvalue weighted by molar-refractivity contribution is 6.19. The molecule has 2 rings (SSSR count). The van der Waals surface area contributed by atoms with Crippen molar-refractivity contribution in [3.8, 4) is 17.6 Å². The molecule has 0 unspecified atom stereocenters. The average Bonchev–Trinajstić information content (AvgIpc) is 2.47. The molecule has 1 heterocycles. The van der Waals surface area contributed by atoms with E-state index in [2.05, 4.69) is 16.7 Å². The molecule has 108 valence electrons. The molecule has 0 aliphatic carbocycles. The molecule has 0 amide bonds. The van der Waals surface area contributed by atoms with Gasteiger partial charge in [0.05, 0.1) is 24.7 Å². The van der Waals surface area contributed by atoms with E-state index in [1.807, 2.05) is 0 Å². The van der Waals surface area contributed by atoms with Crippen LogP contribution in [-0.2, 0) is 4.74 Å². The molecule has 1 aromatic rings. The predicted molar refractivity (Wildman–Crippen MR) is 76.8 cm³/mol. The first-order chi connectivity index (χ1) is 9.79. The average molecular weight is 298 g/mol. The molecule has 0 saturated carbocycles. The van der Waals surface area contributed by atoms with Crippen LogP contribution in [0.5, 0.6) is 5.75 Å². The minimum absolute atomic E-state index is 0.192. The van der Waals surface area contributed by atoms with Crippen molar-refractivity contribution in [2.24, 2.45) is 0 Å². The molecule has 1 aliphatic heterocycles. The monoisotopic (exact) mass is 297 g/mol. The number of halogens is 2. The van der Waals surface area contributed by atoms with Crippen LogP contribution in [0.1, 0.15) is 5.56 Å². The van der Waals surface area contributed by atoms with Crippen LogP contribution < -0.4 is 4.74 Å². The van der Waals surface area contributed by atoms with E-state index in [1.54, 1.807) is 12.1 Å². The van der Waals surface area contributed by atoms with Crippen LogP contribution in [0.2, 0.25) is 0 Å². The van der Waals surface area contributed by atoms with Crippen molar-refractivity contribution in [1.82, 2.24) is 4.90 Å². The molecular weight excluding hydrogens is 281 g/mol. The van der Waals surface area contributed by atoms with Crippen LogP contribution in [0.15, 0.2) is 18.2 Å². The maximum Gasteiger partial charge on any atom is 0.142 e. The molecule has 1 fully saturated rings. The fourth-order valence-electron chi connectivity index (χ4n) is 1.93. The predicted octanol–water partition coefficient (Wildman–Crippen LogP) is 2.13. The van der Waals surface area contributed by atoms with Crippen LogP contribution in [0.4, 0.5) is 4.39 Å². The molecule has 0 bridgehead atoms. The van der Waals surface area contributed by atoms with E-state index >= 15 is 0 Å². The van der Waals surface area contributed by atoms with Gasteiger partial charge in [0.25, 0.3) is 0 Å². The van der Waals surface area contributed by atoms with Gasteiger partial charge in [0, 0.05) is 25.7 Å². The lowest BCUT2D eigenvalue weighted by Crippen LogP contribution is -2.38. The molecule has 20 heavy (non-hydrogen) atoms. The van der Waals surface area contributed by atoms with Gasteiger partial charge in [-0.3, -0.25) is 4.90 Å². The van der Waals surface area contributed by atoms with Gasteiger partial charge in [-0.2, -0.15) is 0 Å². The van der Waals surface area contributed by atoms with Gasteiger partial charge < -0.3 is 9.47 Å². The third kappa shape index (κ3) is 4.68. The zero-order valence-electron chi connectivity index (χ0n) is 11.2. The molecule has 1 aliphatic rings. The van der Waals surface area contributed by atoms with E-state index in [4.69, 9.17) is 21.1 Å². The zero-order valence-corrected chi connectivity index (χ0v) is 12.0. The topological polar surface area (TPSA) is 21.7 Å². The number of nitrogens with zero attached hydrogens (tertiary/aromatic N) is 1. The summed E-state index contributed by atoms with van der Waals surface area (Å²) >= 11 is 5.44. The van der Waals surface area contributed by atoms with Crippen LogP contribution in [-0.4, -0.2) is 50.2 Å². The molecule has 3 nitrogen and oxygen atoms in total. The van der Waals surface area contributed by atoms with Gasteiger partial charge in [-0.05, 0) is 12.1 Å². The Hall–Kier alpha value is -1.28. The second-order valence-corrected chi connectivity index (χ2v) is 4.65. The molecule has 0 N–H and O–H groups in total. The summed E-state index contributed by atoms with van der Waals surface area (Å²) in [7, 11) is 0. The Kier molecular flexibility index (Phi) is 6.13. The minimum Gasteiger partial charge on any atom is -0.492 e. The summed E-state index contributed by atoms with van der Waals surface area (Å²) in [5.41, 5.74) is 0.339. The molecule has 0 radical (unpaired) electrons. The summed E-state index contributed by atoms with van der Waals surface area (Å²) in [4.78, 5) is 2.26. The van der Waals surface area contributed by atoms with Gasteiger partial charge in [-0.1, -0.05) is 11.8 Å². The van der Waals surface area contributed by atoms with Crippen LogP contribution in [0, 0.1) is 17.7 Å². The lowest BCUT2D eigenvalue weighted by Gasteiger charge is -2.26. The van der Waals surface area contributed by atoms with E-state index in [9.17, 15) is 4.39 Å². The molecule has 0 aromatic heterocycles. The maximum atomic E-state index is 13.7. The molecule has 1 aromatic carbocycles. The van der Waals surface area contributed by atoms with E-state index in [1.165, 1.54) is 6.07 Å². The maximum absolute atomic E-state index is 13.7. The van der Waals surface area contributed by atoms with Crippen molar-refractivity contribution in [3.05, 3.63) is 29.6 Å². The van der Waals surface area contributed by atoms with Crippen LogP contribution in [0.3, 0.4) is 0 Å². The van der Waals surface area contributed by atoms with Crippen molar-refractivity contribution < 1.29 is 13.9 Å². The van der Waals surface area contributed by atoms with Crippen LogP contribution >= 0.6 is 11.6 Å². The highest BCUT2D eigenvalue weighted by atomic mass is 35.5. The third-order valence-corrected chi connectivity index (χ3v) is 3.14. The molecule has 1 saturated heterocycles. The number of benzene rings is 1. The van der Waals surface area contributed by atoms with E-state index in [-0.39, 0.29) is 11.7 Å². The summed E-state index contributed by atoms with van der Waals surface area (Å²) in [5.74, 6) is 5.62.